The number of benzene rings is 2. The van der Waals surface area contributed by atoms with Crippen LogP contribution in [0.1, 0.15) is 33.4 Å². The van der Waals surface area contributed by atoms with Gasteiger partial charge in [0.15, 0.2) is 0 Å². The third-order valence-corrected chi connectivity index (χ3v) is 7.80. The fourth-order valence-electron chi connectivity index (χ4n) is 3.76. The third kappa shape index (κ3) is 4.96. The van der Waals surface area contributed by atoms with Gasteiger partial charge in [-0.2, -0.15) is 4.31 Å². The van der Waals surface area contributed by atoms with Gasteiger partial charge < -0.3 is 14.6 Å². The van der Waals surface area contributed by atoms with Gasteiger partial charge >= 0.3 is 0 Å². The van der Waals surface area contributed by atoms with Gasteiger partial charge in [0, 0.05) is 43.1 Å². The number of hydrogen-bond donors (Lipinski definition) is 1. The molecule has 1 aliphatic heterocycles. The minimum atomic E-state index is -3.73. The summed E-state index contributed by atoms with van der Waals surface area (Å²) in [5, 5.41) is 3.60. The van der Waals surface area contributed by atoms with E-state index in [1.807, 2.05) is 23.7 Å². The van der Waals surface area contributed by atoms with Crippen LogP contribution in [0.15, 0.2) is 59.8 Å². The second-order valence-corrected chi connectivity index (χ2v) is 10.2. The van der Waals surface area contributed by atoms with E-state index < -0.39 is 22.0 Å². The lowest BCUT2D eigenvalue weighted by Crippen LogP contribution is -2.40. The Morgan fingerprint density at radius 3 is 2.48 bits per heavy atom. The van der Waals surface area contributed by atoms with Crippen molar-refractivity contribution in [1.29, 1.82) is 0 Å². The van der Waals surface area contributed by atoms with Crippen LogP contribution in [0.2, 0.25) is 5.02 Å². The molecule has 33 heavy (non-hydrogen) atoms. The van der Waals surface area contributed by atoms with Crippen molar-refractivity contribution < 1.29 is 17.9 Å². The molecule has 0 radical (unpaired) electrons. The molecular formula is C23H25ClN4O4S. The molecule has 0 spiro atoms. The van der Waals surface area contributed by atoms with Gasteiger partial charge in [0.2, 0.25) is 10.0 Å². The first kappa shape index (κ1) is 23.4. The maximum absolute atomic E-state index is 13.4. The molecule has 0 saturated carbocycles. The second kappa shape index (κ2) is 9.64. The molecule has 8 nitrogen and oxygen atoms in total. The highest BCUT2D eigenvalue weighted by atomic mass is 35.5. The van der Waals surface area contributed by atoms with Crippen molar-refractivity contribution in [3.8, 4) is 0 Å². The van der Waals surface area contributed by atoms with E-state index in [1.54, 1.807) is 37.5 Å². The Hall–Kier alpha value is -2.72. The number of rotatable bonds is 6. The Morgan fingerprint density at radius 2 is 1.85 bits per heavy atom. The van der Waals surface area contributed by atoms with Gasteiger partial charge in [-0.3, -0.25) is 4.79 Å². The molecular weight excluding hydrogens is 464 g/mol. The molecule has 1 aliphatic rings. The number of carbonyl (C=O) groups excluding carboxylic acids is 1. The van der Waals surface area contributed by atoms with Crippen LogP contribution < -0.4 is 5.32 Å². The maximum Gasteiger partial charge on any atom is 0.252 e. The Kier molecular flexibility index (Phi) is 6.85. The number of halogens is 1. The molecule has 0 aliphatic carbocycles. The van der Waals surface area contributed by atoms with Crippen molar-refractivity contribution in [3.05, 3.63) is 82.4 Å². The molecule has 10 heteroatoms. The number of imidazole rings is 1. The average Bonchev–Trinajstić information content (AvgIpc) is 3.24. The van der Waals surface area contributed by atoms with Gasteiger partial charge in [-0.15, -0.1) is 0 Å². The normalized spacial score (nSPS) is 15.8. The summed E-state index contributed by atoms with van der Waals surface area (Å²) >= 11 is 6.04. The lowest BCUT2D eigenvalue weighted by molar-refractivity contribution is 0.0730. The molecule has 1 unspecified atom stereocenters. The van der Waals surface area contributed by atoms with E-state index in [2.05, 4.69) is 10.3 Å². The molecule has 174 valence electrons. The number of hydrogen-bond acceptors (Lipinski definition) is 5. The quantitative estimate of drug-likeness (QED) is 0.575. The van der Waals surface area contributed by atoms with E-state index in [0.29, 0.717) is 29.6 Å². The van der Waals surface area contributed by atoms with Crippen molar-refractivity contribution in [2.45, 2.75) is 17.9 Å². The van der Waals surface area contributed by atoms with Crippen molar-refractivity contribution in [3.63, 3.8) is 0 Å². The SMILES string of the molecule is Cc1ccc(S(=O)(=O)N2CCOCC2)cc1C(=O)NC(c1ccc(Cl)cc1)c1nccn1C. The molecule has 4 rings (SSSR count). The number of ether oxygens (including phenoxy) is 1. The molecule has 1 fully saturated rings. The van der Waals surface area contributed by atoms with Crippen molar-refractivity contribution in [2.24, 2.45) is 7.05 Å². The number of aryl methyl sites for hydroxylation is 2. The minimum absolute atomic E-state index is 0.0835. The lowest BCUT2D eigenvalue weighted by atomic mass is 10.0. The highest BCUT2D eigenvalue weighted by molar-refractivity contribution is 7.89. The van der Waals surface area contributed by atoms with Crippen LogP contribution in [-0.2, 0) is 21.8 Å². The standard InChI is InChI=1S/C23H25ClN4O4S/c1-16-3-8-19(33(30,31)28-11-13-32-14-12-28)15-20(16)23(29)26-21(22-25-9-10-27(22)2)17-4-6-18(24)7-5-17/h3-10,15,21H,11-14H2,1-2H3,(H,26,29). The van der Waals surface area contributed by atoms with Gasteiger partial charge in [-0.05, 0) is 42.3 Å². The second-order valence-electron chi connectivity index (χ2n) is 7.85. The summed E-state index contributed by atoms with van der Waals surface area (Å²) in [6.45, 7) is 3.05. The summed E-state index contributed by atoms with van der Waals surface area (Å²) in [6, 6.07) is 11.2. The van der Waals surface area contributed by atoms with E-state index in [9.17, 15) is 13.2 Å². The van der Waals surface area contributed by atoms with E-state index in [0.717, 1.165) is 5.56 Å². The molecule has 1 amide bonds. The largest absolute Gasteiger partial charge is 0.379 e. The zero-order chi connectivity index (χ0) is 23.6. The first-order chi connectivity index (χ1) is 15.8. The first-order valence-corrected chi connectivity index (χ1v) is 12.3. The van der Waals surface area contributed by atoms with Gasteiger partial charge in [0.1, 0.15) is 11.9 Å². The molecule has 1 atom stereocenters. The Bertz CT molecular complexity index is 1250. The highest BCUT2D eigenvalue weighted by Crippen LogP contribution is 2.25. The van der Waals surface area contributed by atoms with Gasteiger partial charge in [0.05, 0.1) is 18.1 Å². The number of morpholine rings is 1. The maximum atomic E-state index is 13.4. The van der Waals surface area contributed by atoms with Crippen LogP contribution in [0.3, 0.4) is 0 Å². The summed E-state index contributed by atoms with van der Waals surface area (Å²) in [6.07, 6.45) is 3.45. The third-order valence-electron chi connectivity index (χ3n) is 5.66. The monoisotopic (exact) mass is 488 g/mol. The number of nitrogens with zero attached hydrogens (tertiary/aromatic N) is 3. The van der Waals surface area contributed by atoms with Crippen LogP contribution in [0.4, 0.5) is 0 Å². The van der Waals surface area contributed by atoms with E-state index in [-0.39, 0.29) is 23.5 Å². The summed E-state index contributed by atoms with van der Waals surface area (Å²) in [4.78, 5) is 17.9. The first-order valence-electron chi connectivity index (χ1n) is 10.5. The molecule has 1 N–H and O–H groups in total. The molecule has 0 bridgehead atoms. The predicted octanol–water partition coefficient (Wildman–Crippen LogP) is 2.92. The van der Waals surface area contributed by atoms with Crippen molar-refractivity contribution >= 4 is 27.5 Å². The van der Waals surface area contributed by atoms with Crippen molar-refractivity contribution in [2.75, 3.05) is 26.3 Å². The number of sulfonamides is 1. The summed E-state index contributed by atoms with van der Waals surface area (Å²) < 4.78 is 34.7. The molecule has 2 heterocycles. The minimum Gasteiger partial charge on any atom is -0.379 e. The number of amides is 1. The fraction of sp³-hybridized carbons (Fsp3) is 0.304. The van der Waals surface area contributed by atoms with Crippen LogP contribution in [-0.4, -0.2) is 54.5 Å². The fourth-order valence-corrected chi connectivity index (χ4v) is 5.32. The van der Waals surface area contributed by atoms with Crippen LogP contribution in [0.5, 0.6) is 0 Å². The van der Waals surface area contributed by atoms with E-state index in [4.69, 9.17) is 16.3 Å². The van der Waals surface area contributed by atoms with Crippen molar-refractivity contribution in [1.82, 2.24) is 19.2 Å². The Balaban J connectivity index is 1.67. The van der Waals surface area contributed by atoms with Gasteiger partial charge in [0.25, 0.3) is 5.91 Å². The van der Waals surface area contributed by atoms with Gasteiger partial charge in [-0.25, -0.2) is 13.4 Å². The molecule has 1 aromatic heterocycles. The zero-order valence-electron chi connectivity index (χ0n) is 18.4. The number of carbonyl (C=O) groups is 1. The van der Waals surface area contributed by atoms with Crippen LogP contribution in [0.25, 0.3) is 0 Å². The summed E-state index contributed by atoms with van der Waals surface area (Å²) in [5.74, 6) is 0.245. The van der Waals surface area contributed by atoms with E-state index in [1.165, 1.54) is 16.4 Å². The van der Waals surface area contributed by atoms with E-state index >= 15 is 0 Å². The number of aromatic nitrogens is 2. The Labute approximate surface area is 198 Å². The zero-order valence-corrected chi connectivity index (χ0v) is 19.9. The average molecular weight is 489 g/mol. The van der Waals surface area contributed by atoms with Crippen LogP contribution >= 0.6 is 11.6 Å². The predicted molar refractivity (Wildman–Crippen MR) is 125 cm³/mol. The topological polar surface area (TPSA) is 93.5 Å². The summed E-state index contributed by atoms with van der Waals surface area (Å²) in [7, 11) is -1.88. The summed E-state index contributed by atoms with van der Waals surface area (Å²) in [5.41, 5.74) is 1.76. The number of nitrogens with one attached hydrogen (secondary N) is 1. The van der Waals surface area contributed by atoms with Gasteiger partial charge in [-0.1, -0.05) is 29.8 Å². The molecule has 3 aromatic rings. The van der Waals surface area contributed by atoms with Crippen LogP contribution in [0, 0.1) is 6.92 Å². The molecule has 1 saturated heterocycles. The Morgan fingerprint density at radius 1 is 1.15 bits per heavy atom. The highest BCUT2D eigenvalue weighted by Gasteiger charge is 2.28. The lowest BCUT2D eigenvalue weighted by Gasteiger charge is -2.26. The smallest absolute Gasteiger partial charge is 0.252 e. The molecule has 2 aromatic carbocycles.